The van der Waals surface area contributed by atoms with Crippen molar-refractivity contribution in [1.29, 1.82) is 0 Å². The first-order chi connectivity index (χ1) is 37.6. The van der Waals surface area contributed by atoms with Crippen molar-refractivity contribution in [3.63, 3.8) is 0 Å². The third-order valence-corrected chi connectivity index (χ3v) is 13.4. The van der Waals surface area contributed by atoms with Gasteiger partial charge >= 0.3 is 17.9 Å². The van der Waals surface area contributed by atoms with Crippen LogP contribution in [0.5, 0.6) is 0 Å². The van der Waals surface area contributed by atoms with Gasteiger partial charge in [-0.15, -0.1) is 0 Å². The van der Waals surface area contributed by atoms with Crippen LogP contribution in [0.25, 0.3) is 0 Å². The fourth-order valence-electron chi connectivity index (χ4n) is 8.56. The number of unbranched alkanes of at least 4 members (excludes halogenated alkanes) is 26. The van der Waals surface area contributed by atoms with Gasteiger partial charge in [0.1, 0.15) is 13.2 Å². The Balaban J connectivity index is 4.12. The van der Waals surface area contributed by atoms with Crippen molar-refractivity contribution in [3.05, 3.63) is 97.2 Å². The molecule has 0 aliphatic carbocycles. The zero-order chi connectivity index (χ0) is 56.2. The normalized spacial score (nSPS) is 13.4. The van der Waals surface area contributed by atoms with Gasteiger partial charge in [0.15, 0.2) is 6.10 Å². The minimum atomic E-state index is -1.51. The molecular formula is C68H118NO8+. The lowest BCUT2D eigenvalue weighted by Gasteiger charge is -2.25. The van der Waals surface area contributed by atoms with Crippen molar-refractivity contribution in [1.82, 2.24) is 0 Å². The Morgan fingerprint density at radius 1 is 0.403 bits per heavy atom. The van der Waals surface area contributed by atoms with Gasteiger partial charge in [-0.05, 0) is 77.0 Å². The molecule has 9 nitrogen and oxygen atoms in total. The third-order valence-electron chi connectivity index (χ3n) is 13.4. The summed E-state index contributed by atoms with van der Waals surface area (Å²) in [4.78, 5) is 37.4. The van der Waals surface area contributed by atoms with Crippen LogP contribution in [-0.4, -0.2) is 87.4 Å². The molecule has 0 aromatic heterocycles. The van der Waals surface area contributed by atoms with E-state index in [9.17, 15) is 19.5 Å². The number of carboxylic acid groups (broad SMARTS) is 1. The lowest BCUT2D eigenvalue weighted by Crippen LogP contribution is -2.40. The van der Waals surface area contributed by atoms with E-state index >= 15 is 0 Å². The van der Waals surface area contributed by atoms with Crippen molar-refractivity contribution in [3.8, 4) is 0 Å². The molecule has 442 valence electrons. The van der Waals surface area contributed by atoms with Gasteiger partial charge in [-0.3, -0.25) is 9.59 Å². The smallest absolute Gasteiger partial charge is 0.361 e. The summed E-state index contributed by atoms with van der Waals surface area (Å²) in [5.74, 6) is -2.00. The molecule has 9 heteroatoms. The van der Waals surface area contributed by atoms with E-state index in [1.54, 1.807) is 0 Å². The fraction of sp³-hybridized carbons (Fsp3) is 0.721. The van der Waals surface area contributed by atoms with Crippen molar-refractivity contribution < 1.29 is 42.9 Å². The zero-order valence-electron chi connectivity index (χ0n) is 50.3. The summed E-state index contributed by atoms with van der Waals surface area (Å²) in [6, 6.07) is 0. The van der Waals surface area contributed by atoms with Crippen molar-refractivity contribution in [2.45, 2.75) is 270 Å². The predicted octanol–water partition coefficient (Wildman–Crippen LogP) is 18.9. The van der Waals surface area contributed by atoms with E-state index in [2.05, 4.69) is 111 Å². The minimum Gasteiger partial charge on any atom is -0.477 e. The fourth-order valence-corrected chi connectivity index (χ4v) is 8.56. The van der Waals surface area contributed by atoms with E-state index in [1.807, 2.05) is 21.1 Å². The van der Waals surface area contributed by atoms with E-state index in [1.165, 1.54) is 135 Å². The van der Waals surface area contributed by atoms with Gasteiger partial charge in [0, 0.05) is 12.8 Å². The molecule has 0 fully saturated rings. The van der Waals surface area contributed by atoms with E-state index in [4.69, 9.17) is 18.9 Å². The molecule has 0 saturated carbocycles. The monoisotopic (exact) mass is 1080 g/mol. The van der Waals surface area contributed by atoms with Gasteiger partial charge in [-0.2, -0.15) is 0 Å². The molecule has 0 bridgehead atoms. The lowest BCUT2D eigenvalue weighted by atomic mass is 10.0. The summed E-state index contributed by atoms with van der Waals surface area (Å²) >= 11 is 0. The molecule has 0 aromatic carbocycles. The molecule has 77 heavy (non-hydrogen) atoms. The van der Waals surface area contributed by atoms with Gasteiger partial charge in [-0.25, -0.2) is 4.79 Å². The second kappa shape index (κ2) is 58.4. The third kappa shape index (κ3) is 59.7. The molecule has 1 N–H and O–H groups in total. The van der Waals surface area contributed by atoms with Crippen LogP contribution >= 0.6 is 0 Å². The predicted molar refractivity (Wildman–Crippen MR) is 327 cm³/mol. The molecule has 0 spiro atoms. The number of nitrogens with zero attached hydrogens (tertiary/aromatic N) is 1. The highest BCUT2D eigenvalue weighted by Gasteiger charge is 2.25. The maximum Gasteiger partial charge on any atom is 0.361 e. The van der Waals surface area contributed by atoms with E-state index in [0.717, 1.165) is 89.9 Å². The molecule has 0 rings (SSSR count). The molecular weight excluding hydrogens is 959 g/mol. The summed E-state index contributed by atoms with van der Waals surface area (Å²) in [6.45, 7) is 4.77. The first-order valence-electron chi connectivity index (χ1n) is 31.4. The Hall–Kier alpha value is -3.79. The van der Waals surface area contributed by atoms with E-state index in [-0.39, 0.29) is 32.2 Å². The highest BCUT2D eigenvalue weighted by molar-refractivity contribution is 5.71. The Bertz CT molecular complexity index is 1580. The lowest BCUT2D eigenvalue weighted by molar-refractivity contribution is -0.870. The Morgan fingerprint density at radius 3 is 1.10 bits per heavy atom. The number of carbonyl (C=O) groups is 3. The summed E-state index contributed by atoms with van der Waals surface area (Å²) in [5.41, 5.74) is 0. The van der Waals surface area contributed by atoms with Crippen LogP contribution in [0.15, 0.2) is 97.2 Å². The number of carboxylic acids is 1. The number of hydrogen-bond acceptors (Lipinski definition) is 7. The minimum absolute atomic E-state index is 0.183. The van der Waals surface area contributed by atoms with Gasteiger partial charge < -0.3 is 28.5 Å². The molecule has 0 amide bonds. The molecule has 0 aromatic rings. The summed E-state index contributed by atoms with van der Waals surface area (Å²) in [5, 5.41) is 9.71. The highest BCUT2D eigenvalue weighted by Crippen LogP contribution is 2.16. The number of allylic oxidation sites excluding steroid dienone is 16. The Morgan fingerprint density at radius 2 is 0.740 bits per heavy atom. The van der Waals surface area contributed by atoms with E-state index < -0.39 is 24.3 Å². The van der Waals surface area contributed by atoms with Gasteiger partial charge in [0.25, 0.3) is 6.29 Å². The molecule has 0 aliphatic heterocycles. The van der Waals surface area contributed by atoms with Crippen LogP contribution in [0.1, 0.15) is 258 Å². The molecule has 0 aliphatic rings. The molecule has 0 saturated heterocycles. The number of carbonyl (C=O) groups excluding carboxylic acids is 2. The number of quaternary nitrogens is 1. The number of rotatable bonds is 57. The number of ether oxygens (including phenoxy) is 4. The van der Waals surface area contributed by atoms with Crippen LogP contribution in [0.4, 0.5) is 0 Å². The van der Waals surface area contributed by atoms with Crippen LogP contribution in [0.2, 0.25) is 0 Å². The summed E-state index contributed by atoms with van der Waals surface area (Å²) in [6.07, 6.45) is 76.4. The van der Waals surface area contributed by atoms with Crippen LogP contribution in [0, 0.1) is 0 Å². The SMILES string of the molecule is CC/C=C\C/C=C\C/C=C\C/C=C\C/C=C\C/C=C\C/C=C\C/C=C\CCCCCCCCCCCCCCC(=O)OC(COC(=O)CCCCCCCCCCCCCCCCC)COC(OCC[N+](C)(C)C)C(=O)O. The molecule has 2 atom stereocenters. The first kappa shape index (κ1) is 73.2. The Kier molecular flexibility index (Phi) is 55.5. The van der Waals surface area contributed by atoms with Gasteiger partial charge in [-0.1, -0.05) is 265 Å². The largest absolute Gasteiger partial charge is 0.477 e. The Labute approximate surface area is 473 Å². The standard InChI is InChI=1S/C68H117NO8/c1-6-8-10-12-14-16-18-20-22-23-24-25-26-27-28-29-30-31-32-33-34-35-36-37-38-39-40-41-42-43-45-47-49-51-53-55-57-59-66(71)77-64(63-76-68(67(72)73)74-61-60-69(3,4)5)62-75-65(70)58-56-54-52-50-48-46-44-21-19-17-15-13-11-9-7-2/h8,10,14,16,20,22,24-25,27-28,30-31,33-34,36-37,64,68H,6-7,9,11-13,15,17-19,21,23,26,29,32,35,38-63H2,1-5H3/p+1/b10-8-,16-14-,22-20-,25-24-,28-27-,31-30-,34-33-,37-36-. The second-order valence-corrected chi connectivity index (χ2v) is 22.0. The van der Waals surface area contributed by atoms with Gasteiger partial charge in [0.2, 0.25) is 0 Å². The van der Waals surface area contributed by atoms with Crippen LogP contribution in [0.3, 0.4) is 0 Å². The molecule has 0 radical (unpaired) electrons. The number of aliphatic carboxylic acids is 1. The maximum atomic E-state index is 12.9. The summed E-state index contributed by atoms with van der Waals surface area (Å²) in [7, 11) is 5.97. The quantitative estimate of drug-likeness (QED) is 0.0211. The average Bonchev–Trinajstić information content (AvgIpc) is 3.40. The number of hydrogen-bond donors (Lipinski definition) is 1. The molecule has 2 unspecified atom stereocenters. The van der Waals surface area contributed by atoms with Crippen molar-refractivity contribution in [2.24, 2.45) is 0 Å². The topological polar surface area (TPSA) is 108 Å². The van der Waals surface area contributed by atoms with Gasteiger partial charge in [0.05, 0.1) is 34.4 Å². The van der Waals surface area contributed by atoms with Crippen LogP contribution < -0.4 is 0 Å². The molecule has 0 heterocycles. The maximum absolute atomic E-state index is 12.9. The van der Waals surface area contributed by atoms with Crippen molar-refractivity contribution >= 4 is 17.9 Å². The van der Waals surface area contributed by atoms with Crippen molar-refractivity contribution in [2.75, 3.05) is 47.5 Å². The number of likely N-dealkylation sites (N-methyl/N-ethyl adjacent to an activating group) is 1. The zero-order valence-corrected chi connectivity index (χ0v) is 50.3. The van der Waals surface area contributed by atoms with E-state index in [0.29, 0.717) is 23.9 Å². The summed E-state index contributed by atoms with van der Waals surface area (Å²) < 4.78 is 22.9. The average molecular weight is 1080 g/mol. The van der Waals surface area contributed by atoms with Crippen LogP contribution in [-0.2, 0) is 33.3 Å². The first-order valence-corrected chi connectivity index (χ1v) is 31.4. The number of esters is 2. The second-order valence-electron chi connectivity index (χ2n) is 22.0. The highest BCUT2D eigenvalue weighted by atomic mass is 16.7.